The standard InChI is InChI=1S/C50H36N2O/c1-34-31-36(25-30-50(34)53-41-15-7-4-8-16-41)38-23-28-44-42-17-9-11-19-46(42)52(49(44)33-38)40-26-21-35(22-27-40)37-24-29-48-45(32-37)43-18-10-12-20-47(43)51(48)39-13-5-2-3-6-14-39/h2,4-33H,3H2,1H3. The largest absolute Gasteiger partial charge is 0.457 e. The minimum atomic E-state index is 0.840. The van der Waals surface area contributed by atoms with Gasteiger partial charge in [0.1, 0.15) is 11.5 Å². The van der Waals surface area contributed by atoms with Gasteiger partial charge in [-0.2, -0.15) is 0 Å². The van der Waals surface area contributed by atoms with E-state index in [-0.39, 0.29) is 0 Å². The fourth-order valence-corrected chi connectivity index (χ4v) is 7.94. The lowest BCUT2D eigenvalue weighted by Crippen LogP contribution is -1.95. The molecule has 0 radical (unpaired) electrons. The molecule has 0 bridgehead atoms. The van der Waals surface area contributed by atoms with Crippen molar-refractivity contribution < 1.29 is 4.74 Å². The molecule has 7 aromatic carbocycles. The van der Waals surface area contributed by atoms with Crippen LogP contribution >= 0.6 is 0 Å². The lowest BCUT2D eigenvalue weighted by Gasteiger charge is -2.12. The number of nitrogens with zero attached hydrogens (tertiary/aromatic N) is 2. The molecule has 252 valence electrons. The molecule has 0 saturated carbocycles. The van der Waals surface area contributed by atoms with Gasteiger partial charge in [0.2, 0.25) is 0 Å². The van der Waals surface area contributed by atoms with Crippen molar-refractivity contribution in [3.8, 4) is 39.4 Å². The van der Waals surface area contributed by atoms with Crippen molar-refractivity contribution in [2.24, 2.45) is 0 Å². The third kappa shape index (κ3) is 5.37. The maximum Gasteiger partial charge on any atom is 0.130 e. The molecule has 0 N–H and O–H groups in total. The SMILES string of the molecule is Cc1cc(-c2ccc3c4ccccc4n(-c4ccc(-c5ccc6c(c5)c5ccccc5n6C5=CC=CCC=C5)cc4)c3c2)ccc1Oc1ccccc1. The van der Waals surface area contributed by atoms with E-state index in [9.17, 15) is 0 Å². The van der Waals surface area contributed by atoms with E-state index in [1.54, 1.807) is 0 Å². The van der Waals surface area contributed by atoms with E-state index >= 15 is 0 Å². The van der Waals surface area contributed by atoms with Crippen LogP contribution in [0, 0.1) is 6.92 Å². The molecule has 53 heavy (non-hydrogen) atoms. The van der Waals surface area contributed by atoms with E-state index in [4.69, 9.17) is 4.74 Å². The Hall–Kier alpha value is -6.84. The van der Waals surface area contributed by atoms with Crippen LogP contribution in [-0.2, 0) is 0 Å². The summed E-state index contributed by atoms with van der Waals surface area (Å²) in [7, 11) is 0. The predicted octanol–water partition coefficient (Wildman–Crippen LogP) is 13.7. The topological polar surface area (TPSA) is 19.1 Å². The van der Waals surface area contributed by atoms with Gasteiger partial charge in [-0.05, 0) is 120 Å². The number of rotatable bonds is 6. The number of ether oxygens (including phenoxy) is 1. The highest BCUT2D eigenvalue weighted by atomic mass is 16.5. The Kier molecular flexibility index (Phi) is 7.43. The van der Waals surface area contributed by atoms with Crippen molar-refractivity contribution in [2.45, 2.75) is 13.3 Å². The van der Waals surface area contributed by atoms with Gasteiger partial charge in [-0.3, -0.25) is 0 Å². The Labute approximate surface area is 308 Å². The summed E-state index contributed by atoms with van der Waals surface area (Å²) in [6, 6.07) is 56.6. The van der Waals surface area contributed by atoms with Crippen LogP contribution in [0.2, 0.25) is 0 Å². The molecule has 0 aliphatic heterocycles. The first-order valence-electron chi connectivity index (χ1n) is 18.2. The smallest absolute Gasteiger partial charge is 0.130 e. The summed E-state index contributed by atoms with van der Waals surface area (Å²) in [5.41, 5.74) is 13.0. The summed E-state index contributed by atoms with van der Waals surface area (Å²) in [6.45, 7) is 2.11. The number of fused-ring (bicyclic) bond motifs is 6. The zero-order chi connectivity index (χ0) is 35.3. The summed E-state index contributed by atoms with van der Waals surface area (Å²) in [5, 5.41) is 5.01. The first-order valence-corrected chi connectivity index (χ1v) is 18.2. The minimum Gasteiger partial charge on any atom is -0.457 e. The van der Waals surface area contributed by atoms with Crippen molar-refractivity contribution in [3.63, 3.8) is 0 Å². The summed E-state index contributed by atoms with van der Waals surface area (Å²) < 4.78 is 11.0. The molecule has 1 aliphatic rings. The van der Waals surface area contributed by atoms with Crippen LogP contribution in [-0.4, -0.2) is 9.13 Å². The highest BCUT2D eigenvalue weighted by Crippen LogP contribution is 2.38. The lowest BCUT2D eigenvalue weighted by molar-refractivity contribution is 0.479. The second-order valence-corrected chi connectivity index (χ2v) is 13.8. The number of aromatic nitrogens is 2. The lowest BCUT2D eigenvalue weighted by atomic mass is 10.0. The maximum atomic E-state index is 6.19. The van der Waals surface area contributed by atoms with Crippen LogP contribution in [0.1, 0.15) is 12.0 Å². The highest BCUT2D eigenvalue weighted by molar-refractivity contribution is 6.12. The maximum absolute atomic E-state index is 6.19. The average Bonchev–Trinajstić information content (AvgIpc) is 3.57. The van der Waals surface area contributed by atoms with Crippen LogP contribution < -0.4 is 4.74 Å². The molecule has 0 unspecified atom stereocenters. The number of para-hydroxylation sites is 3. The monoisotopic (exact) mass is 680 g/mol. The second kappa shape index (κ2) is 12.7. The Bertz CT molecular complexity index is 2940. The van der Waals surface area contributed by atoms with E-state index in [2.05, 4.69) is 174 Å². The highest BCUT2D eigenvalue weighted by Gasteiger charge is 2.16. The van der Waals surface area contributed by atoms with Crippen molar-refractivity contribution >= 4 is 49.3 Å². The van der Waals surface area contributed by atoms with Crippen molar-refractivity contribution in [1.29, 1.82) is 0 Å². The first kappa shape index (κ1) is 30.9. The molecule has 9 aromatic rings. The molecule has 10 rings (SSSR count). The van der Waals surface area contributed by atoms with E-state index in [1.165, 1.54) is 66.0 Å². The summed E-state index contributed by atoms with van der Waals surface area (Å²) in [6.07, 6.45) is 12.0. The molecular formula is C50H36N2O. The zero-order valence-corrected chi connectivity index (χ0v) is 29.4. The van der Waals surface area contributed by atoms with Crippen LogP contribution in [0.5, 0.6) is 11.5 Å². The van der Waals surface area contributed by atoms with Gasteiger partial charge in [0.05, 0.1) is 22.1 Å². The number of hydrogen-bond acceptors (Lipinski definition) is 1. The van der Waals surface area contributed by atoms with Gasteiger partial charge in [0, 0.05) is 32.9 Å². The molecule has 0 atom stereocenters. The van der Waals surface area contributed by atoms with Gasteiger partial charge >= 0.3 is 0 Å². The molecular weight excluding hydrogens is 645 g/mol. The minimum absolute atomic E-state index is 0.840. The quantitative estimate of drug-likeness (QED) is 0.171. The van der Waals surface area contributed by atoms with Crippen LogP contribution in [0.3, 0.4) is 0 Å². The van der Waals surface area contributed by atoms with Gasteiger partial charge in [-0.1, -0.05) is 109 Å². The van der Waals surface area contributed by atoms with Gasteiger partial charge in [-0.25, -0.2) is 0 Å². The van der Waals surface area contributed by atoms with Gasteiger partial charge in [0.15, 0.2) is 0 Å². The number of hydrogen-bond donors (Lipinski definition) is 0. The van der Waals surface area contributed by atoms with Crippen LogP contribution in [0.4, 0.5) is 0 Å². The molecule has 3 heteroatoms. The number of aryl methyl sites for hydroxylation is 1. The van der Waals surface area contributed by atoms with Gasteiger partial charge in [0.25, 0.3) is 0 Å². The molecule has 2 aromatic heterocycles. The Morgan fingerprint density at radius 1 is 0.472 bits per heavy atom. The van der Waals surface area contributed by atoms with Crippen molar-refractivity contribution in [2.75, 3.05) is 0 Å². The first-order chi connectivity index (χ1) is 26.2. The summed E-state index contributed by atoms with van der Waals surface area (Å²) in [4.78, 5) is 0. The van der Waals surface area contributed by atoms with Crippen molar-refractivity contribution in [3.05, 3.63) is 194 Å². The molecule has 0 saturated heterocycles. The summed E-state index contributed by atoms with van der Waals surface area (Å²) in [5.74, 6) is 1.71. The van der Waals surface area contributed by atoms with Crippen molar-refractivity contribution in [1.82, 2.24) is 9.13 Å². The molecule has 2 heterocycles. The van der Waals surface area contributed by atoms with Gasteiger partial charge in [-0.15, -0.1) is 0 Å². The number of benzene rings is 7. The molecule has 0 fully saturated rings. The Morgan fingerprint density at radius 2 is 1.09 bits per heavy atom. The second-order valence-electron chi connectivity index (χ2n) is 13.8. The molecule has 0 amide bonds. The third-order valence-corrected chi connectivity index (χ3v) is 10.5. The van der Waals surface area contributed by atoms with E-state index < -0.39 is 0 Å². The van der Waals surface area contributed by atoms with Crippen LogP contribution in [0.15, 0.2) is 188 Å². The van der Waals surface area contributed by atoms with E-state index in [1.807, 2.05) is 30.3 Å². The molecule has 0 spiro atoms. The Balaban J connectivity index is 1.04. The molecule has 3 nitrogen and oxygen atoms in total. The van der Waals surface area contributed by atoms with E-state index in [0.29, 0.717) is 0 Å². The fraction of sp³-hybridized carbons (Fsp3) is 0.0400. The number of allylic oxidation sites excluding steroid dienone is 6. The van der Waals surface area contributed by atoms with Crippen LogP contribution in [0.25, 0.3) is 77.2 Å². The average molecular weight is 681 g/mol. The fourth-order valence-electron chi connectivity index (χ4n) is 7.94. The predicted molar refractivity (Wildman–Crippen MR) is 223 cm³/mol. The zero-order valence-electron chi connectivity index (χ0n) is 29.4. The third-order valence-electron chi connectivity index (χ3n) is 10.5. The van der Waals surface area contributed by atoms with Gasteiger partial charge < -0.3 is 13.9 Å². The Morgan fingerprint density at radius 3 is 1.91 bits per heavy atom. The van der Waals surface area contributed by atoms with E-state index in [0.717, 1.165) is 34.7 Å². The molecule has 1 aliphatic carbocycles. The summed E-state index contributed by atoms with van der Waals surface area (Å²) >= 11 is 0. The normalized spacial score (nSPS) is 12.9.